The van der Waals surface area contributed by atoms with Gasteiger partial charge < -0.3 is 24.8 Å². The third-order valence-corrected chi connectivity index (χ3v) is 4.46. The molecule has 2 rings (SSSR count). The highest BCUT2D eigenvalue weighted by Gasteiger charge is 2.63. The van der Waals surface area contributed by atoms with Crippen LogP contribution in [0, 0.1) is 11.3 Å². The average Bonchev–Trinajstić information content (AvgIpc) is 3.21. The number of ether oxygens (including phenoxy) is 2. The quantitative estimate of drug-likeness (QED) is 0.335. The third-order valence-electron chi connectivity index (χ3n) is 4.46. The number of hydrogen-bond donors (Lipinski definition) is 3. The molecule has 23 heavy (non-hydrogen) atoms. The molecule has 0 aromatic rings. The molecule has 1 aliphatic heterocycles. The summed E-state index contributed by atoms with van der Waals surface area (Å²) in [4.78, 5) is 46.7. The van der Waals surface area contributed by atoms with Gasteiger partial charge in [0.1, 0.15) is 6.10 Å². The Balaban J connectivity index is 2.27. The van der Waals surface area contributed by atoms with E-state index in [0.717, 1.165) is 0 Å². The molecule has 9 nitrogen and oxygen atoms in total. The van der Waals surface area contributed by atoms with Gasteiger partial charge in [-0.25, -0.2) is 0 Å². The second-order valence-corrected chi connectivity index (χ2v) is 5.77. The maximum Gasteiger partial charge on any atom is 0.336 e. The van der Waals surface area contributed by atoms with Crippen molar-refractivity contribution in [2.75, 3.05) is 0 Å². The maximum atomic E-state index is 12.4. The van der Waals surface area contributed by atoms with Gasteiger partial charge in [0.2, 0.25) is 0 Å². The van der Waals surface area contributed by atoms with Gasteiger partial charge in [0.25, 0.3) is 5.41 Å². The van der Waals surface area contributed by atoms with E-state index in [1.807, 2.05) is 0 Å². The second-order valence-electron chi connectivity index (χ2n) is 5.77. The molecule has 1 saturated carbocycles. The Morgan fingerprint density at radius 1 is 1.13 bits per heavy atom. The van der Waals surface area contributed by atoms with E-state index >= 15 is 0 Å². The Morgan fingerprint density at radius 3 is 2.17 bits per heavy atom. The number of carbonyl (C=O) groups is 4. The normalized spacial score (nSPS) is 27.4. The number of carboxylic acids is 3. The number of carboxylic acid groups (broad SMARTS) is 3. The molecule has 1 heterocycles. The first-order valence-corrected chi connectivity index (χ1v) is 7.31. The van der Waals surface area contributed by atoms with E-state index in [-0.39, 0.29) is 18.6 Å². The van der Waals surface area contributed by atoms with Crippen LogP contribution >= 0.6 is 0 Å². The molecule has 0 radical (unpaired) electrons. The van der Waals surface area contributed by atoms with Crippen molar-refractivity contribution < 1.29 is 44.0 Å². The Bertz CT molecular complexity index is 526. The minimum absolute atomic E-state index is 0.0629. The van der Waals surface area contributed by atoms with Gasteiger partial charge in [0.05, 0.1) is 18.1 Å². The molecule has 0 bridgehead atoms. The number of aliphatic carboxylic acids is 3. The number of rotatable bonds is 7. The summed E-state index contributed by atoms with van der Waals surface area (Å²) in [5.41, 5.74) is -3.16. The van der Waals surface area contributed by atoms with E-state index in [0.29, 0.717) is 19.3 Å². The Hall–Kier alpha value is -2.16. The van der Waals surface area contributed by atoms with Gasteiger partial charge in [0.15, 0.2) is 0 Å². The zero-order valence-corrected chi connectivity index (χ0v) is 12.4. The van der Waals surface area contributed by atoms with Crippen LogP contribution < -0.4 is 0 Å². The molecule has 0 amide bonds. The lowest BCUT2D eigenvalue weighted by Gasteiger charge is -2.30. The fourth-order valence-corrected chi connectivity index (χ4v) is 3.09. The predicted molar refractivity (Wildman–Crippen MR) is 71.5 cm³/mol. The maximum absolute atomic E-state index is 12.4. The highest BCUT2D eigenvalue weighted by molar-refractivity contribution is 6.19. The van der Waals surface area contributed by atoms with Crippen LogP contribution in [0.3, 0.4) is 0 Å². The first-order valence-electron chi connectivity index (χ1n) is 7.31. The van der Waals surface area contributed by atoms with E-state index in [4.69, 9.17) is 14.6 Å². The summed E-state index contributed by atoms with van der Waals surface area (Å²) in [7, 11) is 0. The van der Waals surface area contributed by atoms with Crippen LogP contribution in [0.15, 0.2) is 0 Å². The van der Waals surface area contributed by atoms with E-state index in [1.165, 1.54) is 6.92 Å². The van der Waals surface area contributed by atoms with Crippen LogP contribution in [-0.2, 0) is 28.7 Å². The summed E-state index contributed by atoms with van der Waals surface area (Å²) in [5.74, 6) is -9.24. The lowest BCUT2D eigenvalue weighted by Crippen LogP contribution is -2.55. The van der Waals surface area contributed by atoms with Crippen LogP contribution in [0.5, 0.6) is 0 Å². The van der Waals surface area contributed by atoms with Gasteiger partial charge in [-0.2, -0.15) is 0 Å². The summed E-state index contributed by atoms with van der Waals surface area (Å²) in [6.45, 7) is 1.30. The van der Waals surface area contributed by atoms with Crippen LogP contribution in [0.25, 0.3) is 0 Å². The number of epoxide rings is 1. The molecule has 9 heteroatoms. The Morgan fingerprint density at radius 2 is 1.74 bits per heavy atom. The lowest BCUT2D eigenvalue weighted by molar-refractivity contribution is -0.191. The molecule has 2 fully saturated rings. The summed E-state index contributed by atoms with van der Waals surface area (Å²) in [6.07, 6.45) is 0.452. The monoisotopic (exact) mass is 330 g/mol. The molecule has 0 spiro atoms. The Kier molecular flexibility index (Phi) is 4.60. The molecular weight excluding hydrogens is 312 g/mol. The average molecular weight is 330 g/mol. The number of fused-ring (bicyclic) bond motifs is 1. The summed E-state index contributed by atoms with van der Waals surface area (Å²) < 4.78 is 10.3. The first-order chi connectivity index (χ1) is 10.7. The number of carbonyl (C=O) groups excluding carboxylic acids is 1. The minimum atomic E-state index is -3.16. The highest BCUT2D eigenvalue weighted by Crippen LogP contribution is 2.40. The minimum Gasteiger partial charge on any atom is -0.481 e. The summed E-state index contributed by atoms with van der Waals surface area (Å²) in [5, 5.41) is 27.8. The molecule has 4 unspecified atom stereocenters. The number of hydrogen-bond acceptors (Lipinski definition) is 6. The van der Waals surface area contributed by atoms with Crippen molar-refractivity contribution in [1.82, 2.24) is 0 Å². The van der Waals surface area contributed by atoms with Crippen LogP contribution in [-0.4, -0.2) is 57.5 Å². The molecule has 4 atom stereocenters. The molecular formula is C14H18O9. The smallest absolute Gasteiger partial charge is 0.336 e. The zero-order chi connectivity index (χ0) is 17.4. The fourth-order valence-electron chi connectivity index (χ4n) is 3.09. The first kappa shape index (κ1) is 17.2. The predicted octanol–water partition coefficient (Wildman–Crippen LogP) is 0.116. The molecule has 2 aliphatic rings. The van der Waals surface area contributed by atoms with Crippen molar-refractivity contribution in [3.63, 3.8) is 0 Å². The van der Waals surface area contributed by atoms with E-state index in [2.05, 4.69) is 0 Å². The van der Waals surface area contributed by atoms with Crippen molar-refractivity contribution in [3.05, 3.63) is 0 Å². The van der Waals surface area contributed by atoms with Gasteiger partial charge in [-0.15, -0.1) is 0 Å². The van der Waals surface area contributed by atoms with E-state index < -0.39 is 41.3 Å². The Labute approximate surface area is 131 Å². The standard InChI is InChI=1S/C14H18O9/c1-2-7(10(15)16)14(11(17)18,12(19)20)13(21)22-6-3-4-8-9(5-6)23-8/h6-9H,2-5H2,1H3,(H,15,16)(H,17,18)(H,19,20). The summed E-state index contributed by atoms with van der Waals surface area (Å²) in [6, 6.07) is 0. The molecule has 0 aromatic carbocycles. The van der Waals surface area contributed by atoms with Gasteiger partial charge in [0, 0.05) is 6.42 Å². The highest BCUT2D eigenvalue weighted by atomic mass is 16.6. The van der Waals surface area contributed by atoms with Crippen LogP contribution in [0.4, 0.5) is 0 Å². The molecule has 128 valence electrons. The van der Waals surface area contributed by atoms with Crippen LogP contribution in [0.2, 0.25) is 0 Å². The fraction of sp³-hybridized carbons (Fsp3) is 0.714. The largest absolute Gasteiger partial charge is 0.481 e. The number of esters is 1. The zero-order valence-electron chi connectivity index (χ0n) is 12.4. The SMILES string of the molecule is CCC(C(=O)O)C(C(=O)O)(C(=O)O)C(=O)OC1CCC2OC2C1. The van der Waals surface area contributed by atoms with Crippen LogP contribution in [0.1, 0.15) is 32.6 Å². The third kappa shape index (κ3) is 2.88. The topological polar surface area (TPSA) is 151 Å². The molecule has 0 aromatic heterocycles. The van der Waals surface area contributed by atoms with Crippen molar-refractivity contribution >= 4 is 23.9 Å². The summed E-state index contributed by atoms with van der Waals surface area (Å²) >= 11 is 0. The van der Waals surface area contributed by atoms with Gasteiger partial charge in [-0.3, -0.25) is 19.2 Å². The van der Waals surface area contributed by atoms with Gasteiger partial charge in [-0.05, 0) is 19.3 Å². The molecule has 1 saturated heterocycles. The second kappa shape index (κ2) is 6.15. The van der Waals surface area contributed by atoms with Crippen molar-refractivity contribution in [2.45, 2.75) is 50.9 Å². The van der Waals surface area contributed by atoms with Crippen molar-refractivity contribution in [1.29, 1.82) is 0 Å². The van der Waals surface area contributed by atoms with Crippen molar-refractivity contribution in [2.24, 2.45) is 11.3 Å². The van der Waals surface area contributed by atoms with Crippen molar-refractivity contribution in [3.8, 4) is 0 Å². The van der Waals surface area contributed by atoms with E-state index in [9.17, 15) is 29.4 Å². The molecule has 1 aliphatic carbocycles. The van der Waals surface area contributed by atoms with Gasteiger partial charge in [-0.1, -0.05) is 6.92 Å². The van der Waals surface area contributed by atoms with Gasteiger partial charge >= 0.3 is 23.9 Å². The lowest BCUT2D eigenvalue weighted by atomic mass is 9.73. The molecule has 3 N–H and O–H groups in total. The van der Waals surface area contributed by atoms with E-state index in [1.54, 1.807) is 0 Å².